The summed E-state index contributed by atoms with van der Waals surface area (Å²) in [6.45, 7) is 4.94. The van der Waals surface area contributed by atoms with Crippen LogP contribution in [0.1, 0.15) is 6.42 Å². The molecule has 0 aliphatic heterocycles. The van der Waals surface area contributed by atoms with Crippen molar-refractivity contribution in [2.75, 3.05) is 25.5 Å². The van der Waals surface area contributed by atoms with Gasteiger partial charge in [-0.15, -0.1) is 6.58 Å². The number of carbonyl (C=O) groups is 1. The van der Waals surface area contributed by atoms with Gasteiger partial charge in [-0.3, -0.25) is 4.79 Å². The number of carbonyl (C=O) groups excluding carboxylic acids is 1. The standard InChI is InChI=1S/C13H18N2O2/c1-3-8-14-9-7-13(16)15-11-5-4-6-12(10-11)17-2/h3-6,10,14H,1,7-9H2,2H3,(H,15,16). The van der Waals surface area contributed by atoms with Crippen molar-refractivity contribution in [1.82, 2.24) is 5.32 Å². The monoisotopic (exact) mass is 234 g/mol. The lowest BCUT2D eigenvalue weighted by Gasteiger charge is -2.07. The van der Waals surface area contributed by atoms with Gasteiger partial charge < -0.3 is 15.4 Å². The number of rotatable bonds is 7. The molecule has 1 aromatic rings. The number of nitrogens with one attached hydrogen (secondary N) is 2. The van der Waals surface area contributed by atoms with Gasteiger partial charge in [-0.25, -0.2) is 0 Å². The van der Waals surface area contributed by atoms with Crippen LogP contribution in [0.4, 0.5) is 5.69 Å². The predicted molar refractivity (Wildman–Crippen MR) is 69.3 cm³/mol. The molecule has 1 rings (SSSR count). The van der Waals surface area contributed by atoms with E-state index in [1.54, 1.807) is 19.3 Å². The quantitative estimate of drug-likeness (QED) is 0.558. The van der Waals surface area contributed by atoms with Crippen LogP contribution in [0.25, 0.3) is 0 Å². The number of benzene rings is 1. The summed E-state index contributed by atoms with van der Waals surface area (Å²) in [7, 11) is 1.60. The van der Waals surface area contributed by atoms with Crippen LogP contribution in [-0.2, 0) is 4.79 Å². The van der Waals surface area contributed by atoms with Crippen LogP contribution in [0, 0.1) is 0 Å². The lowest BCUT2D eigenvalue weighted by Crippen LogP contribution is -2.21. The van der Waals surface area contributed by atoms with E-state index in [0.29, 0.717) is 19.5 Å². The third-order valence-electron chi connectivity index (χ3n) is 2.17. The summed E-state index contributed by atoms with van der Waals surface area (Å²) >= 11 is 0. The zero-order chi connectivity index (χ0) is 12.5. The molecule has 17 heavy (non-hydrogen) atoms. The molecule has 0 fully saturated rings. The summed E-state index contributed by atoms with van der Waals surface area (Å²) in [6.07, 6.45) is 2.20. The summed E-state index contributed by atoms with van der Waals surface area (Å²) in [5, 5.41) is 5.88. The fourth-order valence-electron chi connectivity index (χ4n) is 1.33. The van der Waals surface area contributed by atoms with E-state index < -0.39 is 0 Å². The zero-order valence-corrected chi connectivity index (χ0v) is 10.0. The van der Waals surface area contributed by atoms with E-state index in [4.69, 9.17) is 4.74 Å². The molecule has 4 nitrogen and oxygen atoms in total. The molecule has 0 radical (unpaired) electrons. The van der Waals surface area contributed by atoms with Gasteiger partial charge in [-0.05, 0) is 12.1 Å². The van der Waals surface area contributed by atoms with Gasteiger partial charge >= 0.3 is 0 Å². The zero-order valence-electron chi connectivity index (χ0n) is 10.0. The van der Waals surface area contributed by atoms with Gasteiger partial charge in [-0.1, -0.05) is 12.1 Å². The van der Waals surface area contributed by atoms with E-state index in [2.05, 4.69) is 17.2 Å². The molecule has 0 atom stereocenters. The third kappa shape index (κ3) is 5.17. The van der Waals surface area contributed by atoms with E-state index in [9.17, 15) is 4.79 Å². The lowest BCUT2D eigenvalue weighted by atomic mass is 10.3. The molecule has 92 valence electrons. The molecule has 0 aliphatic rings. The maximum absolute atomic E-state index is 11.6. The molecular formula is C13H18N2O2. The minimum atomic E-state index is -0.0187. The fraction of sp³-hybridized carbons (Fsp3) is 0.308. The number of ether oxygens (including phenoxy) is 1. The van der Waals surface area contributed by atoms with E-state index in [1.807, 2.05) is 18.2 Å². The first kappa shape index (κ1) is 13.3. The molecule has 1 amide bonds. The van der Waals surface area contributed by atoms with Gasteiger partial charge in [0.05, 0.1) is 7.11 Å². The average molecular weight is 234 g/mol. The second kappa shape index (κ2) is 7.46. The van der Waals surface area contributed by atoms with Gasteiger partial charge in [0, 0.05) is 31.3 Å². The van der Waals surface area contributed by atoms with Crippen LogP contribution in [0.3, 0.4) is 0 Å². The van der Waals surface area contributed by atoms with Gasteiger partial charge in [0.1, 0.15) is 5.75 Å². The molecule has 1 aromatic carbocycles. The Balaban J connectivity index is 2.36. The number of hydrogen-bond acceptors (Lipinski definition) is 3. The SMILES string of the molecule is C=CCNCCC(=O)Nc1cccc(OC)c1. The van der Waals surface area contributed by atoms with Crippen LogP contribution in [0.2, 0.25) is 0 Å². The van der Waals surface area contributed by atoms with E-state index in [-0.39, 0.29) is 5.91 Å². The fourth-order valence-corrected chi connectivity index (χ4v) is 1.33. The summed E-state index contributed by atoms with van der Waals surface area (Å²) < 4.78 is 5.07. The highest BCUT2D eigenvalue weighted by atomic mass is 16.5. The van der Waals surface area contributed by atoms with Crippen molar-refractivity contribution in [2.45, 2.75) is 6.42 Å². The molecule has 0 bridgehead atoms. The van der Waals surface area contributed by atoms with E-state index in [1.165, 1.54) is 0 Å². The van der Waals surface area contributed by atoms with Crippen molar-refractivity contribution in [1.29, 1.82) is 0 Å². The first-order valence-corrected chi connectivity index (χ1v) is 5.52. The molecule has 0 heterocycles. The Morgan fingerprint density at radius 1 is 1.53 bits per heavy atom. The smallest absolute Gasteiger partial charge is 0.225 e. The predicted octanol–water partition coefficient (Wildman–Crippen LogP) is 1.80. The molecule has 0 aromatic heterocycles. The van der Waals surface area contributed by atoms with Crippen LogP contribution in [0.15, 0.2) is 36.9 Å². The summed E-state index contributed by atoms with van der Waals surface area (Å²) in [4.78, 5) is 11.6. The number of amides is 1. The van der Waals surface area contributed by atoms with Crippen LogP contribution in [-0.4, -0.2) is 26.1 Å². The minimum absolute atomic E-state index is 0.0187. The van der Waals surface area contributed by atoms with Crippen molar-refractivity contribution in [3.05, 3.63) is 36.9 Å². The number of methoxy groups -OCH3 is 1. The first-order valence-electron chi connectivity index (χ1n) is 5.52. The Morgan fingerprint density at radius 3 is 3.06 bits per heavy atom. The Labute approximate surface area is 102 Å². The Kier molecular flexibility index (Phi) is 5.82. The second-order valence-electron chi connectivity index (χ2n) is 3.52. The average Bonchev–Trinajstić information content (AvgIpc) is 2.35. The highest BCUT2D eigenvalue weighted by Crippen LogP contribution is 2.16. The molecule has 0 saturated carbocycles. The topological polar surface area (TPSA) is 50.4 Å². The maximum Gasteiger partial charge on any atom is 0.225 e. The third-order valence-corrected chi connectivity index (χ3v) is 2.17. The Bertz CT molecular complexity index is 377. The molecule has 0 spiro atoms. The molecule has 0 aliphatic carbocycles. The molecule has 0 saturated heterocycles. The summed E-state index contributed by atoms with van der Waals surface area (Å²) in [5.74, 6) is 0.711. The largest absolute Gasteiger partial charge is 0.497 e. The highest BCUT2D eigenvalue weighted by Gasteiger charge is 2.02. The highest BCUT2D eigenvalue weighted by molar-refractivity contribution is 5.90. The molecule has 0 unspecified atom stereocenters. The van der Waals surface area contributed by atoms with Crippen LogP contribution >= 0.6 is 0 Å². The van der Waals surface area contributed by atoms with Gasteiger partial charge in [-0.2, -0.15) is 0 Å². The van der Waals surface area contributed by atoms with Crippen molar-refractivity contribution >= 4 is 11.6 Å². The first-order chi connectivity index (χ1) is 8.26. The van der Waals surface area contributed by atoms with Crippen LogP contribution in [0.5, 0.6) is 5.75 Å². The molecule has 2 N–H and O–H groups in total. The van der Waals surface area contributed by atoms with E-state index >= 15 is 0 Å². The summed E-state index contributed by atoms with van der Waals surface area (Å²) in [6, 6.07) is 7.29. The van der Waals surface area contributed by atoms with Crippen molar-refractivity contribution < 1.29 is 9.53 Å². The van der Waals surface area contributed by atoms with Crippen molar-refractivity contribution in [3.63, 3.8) is 0 Å². The maximum atomic E-state index is 11.6. The normalized spacial score (nSPS) is 9.71. The Hall–Kier alpha value is -1.81. The van der Waals surface area contributed by atoms with Crippen LogP contribution < -0.4 is 15.4 Å². The Morgan fingerprint density at radius 2 is 2.35 bits per heavy atom. The summed E-state index contributed by atoms with van der Waals surface area (Å²) in [5.41, 5.74) is 0.748. The van der Waals surface area contributed by atoms with Gasteiger partial charge in [0.2, 0.25) is 5.91 Å². The second-order valence-corrected chi connectivity index (χ2v) is 3.52. The minimum Gasteiger partial charge on any atom is -0.497 e. The lowest BCUT2D eigenvalue weighted by molar-refractivity contribution is -0.116. The number of anilines is 1. The number of hydrogen-bond donors (Lipinski definition) is 2. The van der Waals surface area contributed by atoms with E-state index in [0.717, 1.165) is 11.4 Å². The van der Waals surface area contributed by atoms with Crippen molar-refractivity contribution in [3.8, 4) is 5.75 Å². The molecular weight excluding hydrogens is 216 g/mol. The van der Waals surface area contributed by atoms with Gasteiger partial charge in [0.25, 0.3) is 0 Å². The van der Waals surface area contributed by atoms with Gasteiger partial charge in [0.15, 0.2) is 0 Å². The van der Waals surface area contributed by atoms with Crippen molar-refractivity contribution in [2.24, 2.45) is 0 Å². The molecule has 4 heteroatoms.